The summed E-state index contributed by atoms with van der Waals surface area (Å²) < 4.78 is 18.2. The molecule has 3 aromatic rings. The van der Waals surface area contributed by atoms with Crippen LogP contribution in [0.1, 0.15) is 18.3 Å². The van der Waals surface area contributed by atoms with E-state index in [1.165, 1.54) is 0 Å². The molecule has 9 nitrogen and oxygen atoms in total. The highest BCUT2D eigenvalue weighted by Crippen LogP contribution is 2.38. The van der Waals surface area contributed by atoms with Crippen molar-refractivity contribution >= 4 is 5.96 Å². The lowest BCUT2D eigenvalue weighted by atomic mass is 10.2. The Hall–Kier alpha value is -3.75. The van der Waals surface area contributed by atoms with Crippen molar-refractivity contribution < 1.29 is 14.2 Å². The van der Waals surface area contributed by atoms with E-state index in [9.17, 15) is 0 Å². The first kappa shape index (κ1) is 21.9. The fourth-order valence-electron chi connectivity index (χ4n) is 3.09. The lowest BCUT2D eigenvalue weighted by Crippen LogP contribution is -2.37. The predicted molar refractivity (Wildman–Crippen MR) is 119 cm³/mol. The number of ether oxygens (including phenoxy) is 3. The second kappa shape index (κ2) is 10.9. The molecule has 1 aromatic heterocycles. The Balaban J connectivity index is 1.74. The summed E-state index contributed by atoms with van der Waals surface area (Å²) in [6.07, 6.45) is 1.70. The van der Waals surface area contributed by atoms with E-state index in [-0.39, 0.29) is 0 Å². The van der Waals surface area contributed by atoms with Gasteiger partial charge >= 0.3 is 0 Å². The molecule has 0 radical (unpaired) electrons. The number of hydrogen-bond acceptors (Lipinski definition) is 6. The third-order valence-electron chi connectivity index (χ3n) is 4.56. The van der Waals surface area contributed by atoms with Crippen LogP contribution in [0, 0.1) is 0 Å². The average molecular weight is 425 g/mol. The number of nitrogens with zero attached hydrogens (tertiary/aromatic N) is 4. The molecule has 1 heterocycles. The molecule has 164 valence electrons. The number of aromatic nitrogens is 3. The van der Waals surface area contributed by atoms with E-state index >= 15 is 0 Å². The van der Waals surface area contributed by atoms with Gasteiger partial charge < -0.3 is 24.8 Å². The van der Waals surface area contributed by atoms with E-state index in [4.69, 9.17) is 14.2 Å². The van der Waals surface area contributed by atoms with Gasteiger partial charge in [0.2, 0.25) is 5.75 Å². The molecule has 0 amide bonds. The van der Waals surface area contributed by atoms with Crippen LogP contribution in [0.3, 0.4) is 0 Å². The number of hydrogen-bond donors (Lipinski definition) is 2. The molecule has 0 aliphatic heterocycles. The molecule has 0 atom stereocenters. The van der Waals surface area contributed by atoms with E-state index in [0.29, 0.717) is 36.3 Å². The van der Waals surface area contributed by atoms with E-state index in [0.717, 1.165) is 23.6 Å². The zero-order valence-electron chi connectivity index (χ0n) is 18.3. The van der Waals surface area contributed by atoms with Crippen LogP contribution in [0.15, 0.2) is 53.8 Å². The summed E-state index contributed by atoms with van der Waals surface area (Å²) in [6.45, 7) is 3.64. The lowest BCUT2D eigenvalue weighted by molar-refractivity contribution is 0.324. The number of para-hydroxylation sites is 1. The van der Waals surface area contributed by atoms with Gasteiger partial charge in [0.05, 0.1) is 34.4 Å². The van der Waals surface area contributed by atoms with Crippen LogP contribution in [0.4, 0.5) is 0 Å². The Morgan fingerprint density at radius 1 is 1.00 bits per heavy atom. The monoisotopic (exact) mass is 424 g/mol. The summed E-state index contributed by atoms with van der Waals surface area (Å²) in [5.74, 6) is 3.20. The summed E-state index contributed by atoms with van der Waals surface area (Å²) in [6, 6.07) is 13.7. The first-order valence-corrected chi connectivity index (χ1v) is 9.95. The molecular weight excluding hydrogens is 396 g/mol. The Morgan fingerprint density at radius 3 is 2.32 bits per heavy atom. The van der Waals surface area contributed by atoms with Gasteiger partial charge in [0.1, 0.15) is 6.33 Å². The van der Waals surface area contributed by atoms with Crippen molar-refractivity contribution in [3.8, 4) is 22.9 Å². The number of benzene rings is 2. The summed E-state index contributed by atoms with van der Waals surface area (Å²) >= 11 is 0. The number of guanidine groups is 1. The molecule has 0 saturated carbocycles. The van der Waals surface area contributed by atoms with Gasteiger partial charge in [0.15, 0.2) is 23.3 Å². The highest BCUT2D eigenvalue weighted by Gasteiger charge is 2.13. The van der Waals surface area contributed by atoms with Crippen LogP contribution in [-0.4, -0.2) is 48.6 Å². The van der Waals surface area contributed by atoms with Crippen LogP contribution in [0.25, 0.3) is 5.69 Å². The Bertz CT molecular complexity index is 978. The van der Waals surface area contributed by atoms with Gasteiger partial charge in [-0.2, -0.15) is 0 Å². The topological polar surface area (TPSA) is 94.8 Å². The molecular formula is C22H28N6O3. The number of rotatable bonds is 9. The smallest absolute Gasteiger partial charge is 0.203 e. The second-order valence-corrected chi connectivity index (χ2v) is 6.54. The van der Waals surface area contributed by atoms with E-state index in [2.05, 4.69) is 25.8 Å². The maximum absolute atomic E-state index is 5.42. The number of nitrogens with one attached hydrogen (secondary N) is 2. The van der Waals surface area contributed by atoms with Crippen LogP contribution < -0.4 is 24.8 Å². The van der Waals surface area contributed by atoms with Gasteiger partial charge in [-0.3, -0.25) is 4.57 Å². The molecule has 9 heteroatoms. The maximum atomic E-state index is 5.42. The fourth-order valence-corrected chi connectivity index (χ4v) is 3.09. The molecule has 0 unspecified atom stereocenters. The van der Waals surface area contributed by atoms with Crippen molar-refractivity contribution in [1.29, 1.82) is 0 Å². The van der Waals surface area contributed by atoms with Gasteiger partial charge in [-0.15, -0.1) is 10.2 Å². The van der Waals surface area contributed by atoms with E-state index < -0.39 is 0 Å². The van der Waals surface area contributed by atoms with Gasteiger partial charge in [0.25, 0.3) is 0 Å². The molecule has 0 aliphatic carbocycles. The van der Waals surface area contributed by atoms with Crippen LogP contribution in [0.2, 0.25) is 0 Å². The lowest BCUT2D eigenvalue weighted by Gasteiger charge is -2.14. The van der Waals surface area contributed by atoms with Gasteiger partial charge in [-0.05, 0) is 36.8 Å². The van der Waals surface area contributed by atoms with Gasteiger partial charge in [-0.25, -0.2) is 4.99 Å². The highest BCUT2D eigenvalue weighted by atomic mass is 16.5. The molecule has 3 rings (SSSR count). The summed E-state index contributed by atoms with van der Waals surface area (Å²) in [7, 11) is 4.78. The molecule has 2 N–H and O–H groups in total. The maximum Gasteiger partial charge on any atom is 0.203 e. The quantitative estimate of drug-likeness (QED) is 0.403. The zero-order chi connectivity index (χ0) is 22.1. The SMILES string of the molecule is CCNC(=NCc1cc(OC)c(OC)c(OC)c1)NCc1nncn1-c1ccccc1. The number of methoxy groups -OCH3 is 3. The van der Waals surface area contributed by atoms with Crippen molar-refractivity contribution in [2.24, 2.45) is 4.99 Å². The van der Waals surface area contributed by atoms with Gasteiger partial charge in [0, 0.05) is 12.2 Å². The van der Waals surface area contributed by atoms with Crippen molar-refractivity contribution in [1.82, 2.24) is 25.4 Å². The Kier molecular flexibility index (Phi) is 7.69. The predicted octanol–water partition coefficient (Wildman–Crippen LogP) is 2.55. The first-order chi connectivity index (χ1) is 15.2. The van der Waals surface area contributed by atoms with Crippen LogP contribution in [0.5, 0.6) is 17.2 Å². The zero-order valence-corrected chi connectivity index (χ0v) is 18.3. The van der Waals surface area contributed by atoms with Crippen molar-refractivity contribution in [3.63, 3.8) is 0 Å². The third-order valence-corrected chi connectivity index (χ3v) is 4.56. The fraction of sp³-hybridized carbons (Fsp3) is 0.318. The average Bonchev–Trinajstić information content (AvgIpc) is 3.29. The normalized spacial score (nSPS) is 11.2. The van der Waals surface area contributed by atoms with Crippen molar-refractivity contribution in [3.05, 3.63) is 60.2 Å². The van der Waals surface area contributed by atoms with Crippen molar-refractivity contribution in [2.45, 2.75) is 20.0 Å². The Labute approximate surface area is 182 Å². The molecule has 2 aromatic carbocycles. The second-order valence-electron chi connectivity index (χ2n) is 6.54. The largest absolute Gasteiger partial charge is 0.493 e. The molecule has 0 spiro atoms. The summed E-state index contributed by atoms with van der Waals surface area (Å²) in [5.41, 5.74) is 1.93. The summed E-state index contributed by atoms with van der Waals surface area (Å²) in [4.78, 5) is 4.68. The van der Waals surface area contributed by atoms with Gasteiger partial charge in [-0.1, -0.05) is 18.2 Å². The minimum atomic E-state index is 0.428. The Morgan fingerprint density at radius 2 is 1.71 bits per heavy atom. The molecule has 0 aliphatic rings. The van der Waals surface area contributed by atoms with E-state index in [1.54, 1.807) is 27.7 Å². The van der Waals surface area contributed by atoms with E-state index in [1.807, 2.05) is 54.0 Å². The van der Waals surface area contributed by atoms with Crippen molar-refractivity contribution in [2.75, 3.05) is 27.9 Å². The van der Waals surface area contributed by atoms with Crippen LogP contribution >= 0.6 is 0 Å². The minimum Gasteiger partial charge on any atom is -0.493 e. The minimum absolute atomic E-state index is 0.428. The molecule has 31 heavy (non-hydrogen) atoms. The molecule has 0 fully saturated rings. The third kappa shape index (κ3) is 5.44. The number of aliphatic imine (C=N–C) groups is 1. The molecule has 0 saturated heterocycles. The van der Waals surface area contributed by atoms with Crippen LogP contribution in [-0.2, 0) is 13.1 Å². The highest BCUT2D eigenvalue weighted by molar-refractivity contribution is 5.79. The standard InChI is InChI=1S/C22H28N6O3/c1-5-23-22(24-13-16-11-18(29-2)21(31-4)19(12-16)30-3)25-14-20-27-26-15-28(20)17-9-7-6-8-10-17/h6-12,15H,5,13-14H2,1-4H3,(H2,23,24,25). The molecule has 0 bridgehead atoms. The summed E-state index contributed by atoms with van der Waals surface area (Å²) in [5, 5.41) is 14.8. The first-order valence-electron chi connectivity index (χ1n) is 9.95.